The van der Waals surface area contributed by atoms with Gasteiger partial charge >= 0.3 is 0 Å². The van der Waals surface area contributed by atoms with Crippen LogP contribution in [0.3, 0.4) is 0 Å². The molecule has 1 amide bonds. The van der Waals surface area contributed by atoms with Gasteiger partial charge in [0.2, 0.25) is 0 Å². The monoisotopic (exact) mass is 516 g/mol. The number of hydrogen-bond acceptors (Lipinski definition) is 7. The van der Waals surface area contributed by atoms with Gasteiger partial charge in [-0.1, -0.05) is 18.2 Å². The van der Waals surface area contributed by atoms with E-state index >= 15 is 0 Å². The SMILES string of the molecule is COC(C)(Cc1csc(Nc2ncc(Br)cc2Oc2ccccc2)n1)C(=O)N1CCCC1. The molecule has 32 heavy (non-hydrogen) atoms. The van der Waals surface area contributed by atoms with Crippen LogP contribution in [0.2, 0.25) is 0 Å². The number of thiazole rings is 1. The summed E-state index contributed by atoms with van der Waals surface area (Å²) in [6.07, 6.45) is 4.19. The average molecular weight is 517 g/mol. The maximum Gasteiger partial charge on any atom is 0.254 e. The van der Waals surface area contributed by atoms with Crippen LogP contribution in [0.1, 0.15) is 25.5 Å². The van der Waals surface area contributed by atoms with E-state index in [2.05, 4.69) is 31.2 Å². The Morgan fingerprint density at radius 2 is 2.03 bits per heavy atom. The number of carbonyl (C=O) groups excluding carboxylic acids is 1. The summed E-state index contributed by atoms with van der Waals surface area (Å²) >= 11 is 4.90. The van der Waals surface area contributed by atoms with Gasteiger partial charge in [-0.2, -0.15) is 0 Å². The number of rotatable bonds is 8. The topological polar surface area (TPSA) is 76.6 Å². The van der Waals surface area contributed by atoms with Gasteiger partial charge in [0, 0.05) is 48.7 Å². The highest BCUT2D eigenvalue weighted by atomic mass is 79.9. The molecule has 7 nitrogen and oxygen atoms in total. The van der Waals surface area contributed by atoms with E-state index in [1.54, 1.807) is 13.3 Å². The van der Waals surface area contributed by atoms with Crippen LogP contribution in [0, 0.1) is 0 Å². The molecule has 1 aliphatic heterocycles. The number of likely N-dealkylation sites (tertiary alicyclic amines) is 1. The quantitative estimate of drug-likeness (QED) is 0.431. The van der Waals surface area contributed by atoms with Crippen LogP contribution in [-0.4, -0.2) is 46.6 Å². The molecule has 1 aliphatic rings. The Morgan fingerprint density at radius 1 is 1.28 bits per heavy atom. The van der Waals surface area contributed by atoms with Gasteiger partial charge in [-0.25, -0.2) is 9.97 Å². The molecule has 0 bridgehead atoms. The molecule has 0 spiro atoms. The van der Waals surface area contributed by atoms with E-state index < -0.39 is 5.60 Å². The zero-order valence-electron chi connectivity index (χ0n) is 18.0. The maximum atomic E-state index is 13.0. The zero-order valence-corrected chi connectivity index (χ0v) is 20.4. The third kappa shape index (κ3) is 5.28. The highest BCUT2D eigenvalue weighted by Crippen LogP contribution is 2.33. The summed E-state index contributed by atoms with van der Waals surface area (Å²) in [6.45, 7) is 3.42. The van der Waals surface area contributed by atoms with E-state index in [-0.39, 0.29) is 5.91 Å². The van der Waals surface area contributed by atoms with Crippen LogP contribution in [0.25, 0.3) is 0 Å². The Bertz CT molecular complexity index is 1070. The number of hydrogen-bond donors (Lipinski definition) is 1. The molecule has 168 valence electrons. The Balaban J connectivity index is 1.49. The molecule has 1 atom stereocenters. The average Bonchev–Trinajstić information content (AvgIpc) is 3.48. The fourth-order valence-corrected chi connectivity index (χ4v) is 4.61. The van der Waals surface area contributed by atoms with Crippen LogP contribution >= 0.6 is 27.3 Å². The van der Waals surface area contributed by atoms with Crippen LogP contribution in [0.4, 0.5) is 10.9 Å². The zero-order chi connectivity index (χ0) is 22.6. The van der Waals surface area contributed by atoms with Crippen molar-refractivity contribution in [3.05, 3.63) is 58.1 Å². The second-order valence-corrected chi connectivity index (χ2v) is 9.57. The van der Waals surface area contributed by atoms with Crippen LogP contribution in [0.5, 0.6) is 11.5 Å². The molecule has 2 aromatic heterocycles. The summed E-state index contributed by atoms with van der Waals surface area (Å²) < 4.78 is 12.5. The Hall–Kier alpha value is -2.49. The molecule has 3 heterocycles. The van der Waals surface area contributed by atoms with Crippen LogP contribution in [0.15, 0.2) is 52.4 Å². The number of para-hydroxylation sites is 1. The maximum absolute atomic E-state index is 13.0. The predicted octanol–water partition coefficient (Wildman–Crippen LogP) is 5.41. The van der Waals surface area contributed by atoms with Crippen molar-refractivity contribution in [1.82, 2.24) is 14.9 Å². The number of pyridine rings is 1. The van der Waals surface area contributed by atoms with Crippen LogP contribution in [-0.2, 0) is 16.0 Å². The van der Waals surface area contributed by atoms with Gasteiger partial charge < -0.3 is 19.7 Å². The molecule has 1 aromatic carbocycles. The van der Waals surface area contributed by atoms with E-state index in [1.165, 1.54) is 11.3 Å². The number of nitrogens with zero attached hydrogens (tertiary/aromatic N) is 3. The first-order valence-electron chi connectivity index (χ1n) is 10.4. The summed E-state index contributed by atoms with van der Waals surface area (Å²) in [7, 11) is 1.58. The molecular weight excluding hydrogens is 492 g/mol. The van der Waals surface area contributed by atoms with Crippen molar-refractivity contribution in [3.63, 3.8) is 0 Å². The number of halogens is 1. The first-order valence-corrected chi connectivity index (χ1v) is 12.1. The van der Waals surface area contributed by atoms with Crippen molar-refractivity contribution in [2.75, 3.05) is 25.5 Å². The Morgan fingerprint density at radius 3 is 2.75 bits per heavy atom. The van der Waals surface area contributed by atoms with Crippen molar-refractivity contribution >= 4 is 44.1 Å². The van der Waals surface area contributed by atoms with E-state index in [0.717, 1.165) is 36.1 Å². The lowest BCUT2D eigenvalue weighted by atomic mass is 9.98. The number of amides is 1. The van der Waals surface area contributed by atoms with Crippen molar-refractivity contribution in [1.29, 1.82) is 0 Å². The minimum absolute atomic E-state index is 0.0214. The van der Waals surface area contributed by atoms with Crippen molar-refractivity contribution < 1.29 is 14.3 Å². The minimum atomic E-state index is -0.937. The van der Waals surface area contributed by atoms with Crippen molar-refractivity contribution in [2.45, 2.75) is 31.8 Å². The second kappa shape index (κ2) is 9.97. The fourth-order valence-electron chi connectivity index (χ4n) is 3.59. The number of carbonyl (C=O) groups is 1. The van der Waals surface area contributed by atoms with Crippen LogP contribution < -0.4 is 10.1 Å². The highest BCUT2D eigenvalue weighted by molar-refractivity contribution is 9.10. The summed E-state index contributed by atoms with van der Waals surface area (Å²) in [5, 5.41) is 5.85. The summed E-state index contributed by atoms with van der Waals surface area (Å²) in [4.78, 5) is 24.0. The number of nitrogens with one attached hydrogen (secondary N) is 1. The standard InChI is InChI=1S/C23H25BrN4O3S/c1-23(30-2,21(29)28-10-6-7-11-28)13-17-15-32-22(26-17)27-20-19(12-16(24)14-25-20)31-18-8-4-3-5-9-18/h3-5,8-9,12,14-15H,6-7,10-11,13H2,1-2H3,(H,25,26,27). The third-order valence-electron chi connectivity index (χ3n) is 5.38. The summed E-state index contributed by atoms with van der Waals surface area (Å²) in [5.74, 6) is 1.87. The summed E-state index contributed by atoms with van der Waals surface area (Å²) in [5.41, 5.74) is -0.148. The van der Waals surface area contributed by atoms with Gasteiger partial charge in [0.1, 0.15) is 11.4 Å². The molecule has 0 aliphatic carbocycles. The van der Waals surface area contributed by atoms with Crippen molar-refractivity contribution in [3.8, 4) is 11.5 Å². The lowest BCUT2D eigenvalue weighted by Crippen LogP contribution is -2.48. The van der Waals surface area contributed by atoms with Gasteiger partial charge in [-0.15, -0.1) is 11.3 Å². The normalized spacial score (nSPS) is 15.4. The Kier molecular flexibility index (Phi) is 7.07. The van der Waals surface area contributed by atoms with Gasteiger partial charge in [-0.3, -0.25) is 4.79 Å². The first-order chi connectivity index (χ1) is 15.5. The molecule has 1 unspecified atom stereocenters. The predicted molar refractivity (Wildman–Crippen MR) is 129 cm³/mol. The fraction of sp³-hybridized carbons (Fsp3) is 0.348. The van der Waals surface area contributed by atoms with E-state index in [4.69, 9.17) is 9.47 Å². The molecule has 0 radical (unpaired) electrons. The first kappa shape index (κ1) is 22.7. The molecular formula is C23H25BrN4O3S. The number of anilines is 2. The molecule has 9 heteroatoms. The van der Waals surface area contributed by atoms with E-state index in [1.807, 2.05) is 53.6 Å². The molecule has 1 N–H and O–H groups in total. The lowest BCUT2D eigenvalue weighted by Gasteiger charge is -2.30. The van der Waals surface area contributed by atoms with Gasteiger partial charge in [0.25, 0.3) is 5.91 Å². The Labute approximate surface area is 199 Å². The van der Waals surface area contributed by atoms with Crippen molar-refractivity contribution in [2.24, 2.45) is 0 Å². The lowest BCUT2D eigenvalue weighted by molar-refractivity contribution is -0.151. The molecule has 3 aromatic rings. The third-order valence-corrected chi connectivity index (χ3v) is 6.62. The largest absolute Gasteiger partial charge is 0.453 e. The van der Waals surface area contributed by atoms with Gasteiger partial charge in [0.05, 0.1) is 5.69 Å². The van der Waals surface area contributed by atoms with Gasteiger partial charge in [0.15, 0.2) is 16.7 Å². The highest BCUT2D eigenvalue weighted by Gasteiger charge is 2.38. The van der Waals surface area contributed by atoms with E-state index in [9.17, 15) is 4.79 Å². The number of methoxy groups -OCH3 is 1. The van der Waals surface area contributed by atoms with E-state index in [0.29, 0.717) is 28.9 Å². The number of benzene rings is 1. The minimum Gasteiger partial charge on any atom is -0.453 e. The summed E-state index contributed by atoms with van der Waals surface area (Å²) in [6, 6.07) is 11.4. The molecule has 4 rings (SSSR count). The molecule has 0 saturated carbocycles. The molecule has 1 fully saturated rings. The number of ether oxygens (including phenoxy) is 2. The number of aromatic nitrogens is 2. The van der Waals surface area contributed by atoms with Gasteiger partial charge in [-0.05, 0) is 47.8 Å². The molecule has 1 saturated heterocycles. The smallest absolute Gasteiger partial charge is 0.254 e. The second-order valence-electron chi connectivity index (χ2n) is 7.80.